The normalized spacial score (nSPS) is 12.6. The van der Waals surface area contributed by atoms with E-state index in [1.807, 2.05) is 0 Å². The molecule has 5 heteroatoms. The zero-order valence-corrected chi connectivity index (χ0v) is 13.2. The monoisotopic (exact) mass is 317 g/mol. The maximum absolute atomic E-state index is 4.56. The molecule has 0 spiro atoms. The van der Waals surface area contributed by atoms with Gasteiger partial charge in [-0.05, 0) is 60.6 Å². The van der Waals surface area contributed by atoms with Crippen LogP contribution in [0.15, 0.2) is 20.2 Å². The molecule has 1 aromatic heterocycles. The number of hydrogen-bond donors (Lipinski definition) is 2. The van der Waals surface area contributed by atoms with Crippen LogP contribution in [0, 0.1) is 0 Å². The quantitative estimate of drug-likeness (QED) is 0.662. The van der Waals surface area contributed by atoms with Crippen LogP contribution in [0.3, 0.4) is 0 Å². The molecule has 2 N–H and O–H groups in total. The fourth-order valence-corrected chi connectivity index (χ4v) is 2.46. The lowest BCUT2D eigenvalue weighted by molar-refractivity contribution is 0.501. The van der Waals surface area contributed by atoms with Crippen LogP contribution in [0.25, 0.3) is 0 Å². The lowest BCUT2D eigenvalue weighted by Crippen LogP contribution is -2.47. The number of hydrogen-bond acceptors (Lipinski definition) is 2. The highest BCUT2D eigenvalue weighted by atomic mass is 79.9. The molecule has 0 saturated heterocycles. The summed E-state index contributed by atoms with van der Waals surface area (Å²) in [5.74, 6) is 0.863. The minimum atomic E-state index is 0.0240. The van der Waals surface area contributed by atoms with Gasteiger partial charge in [0.25, 0.3) is 0 Å². The summed E-state index contributed by atoms with van der Waals surface area (Å²) in [5, 5.41) is 8.73. The highest BCUT2D eigenvalue weighted by molar-refractivity contribution is 9.11. The third-order valence-electron chi connectivity index (χ3n) is 1.88. The number of rotatable bonds is 3. The first kappa shape index (κ1) is 14.5. The molecule has 1 aromatic rings. The largest absolute Gasteiger partial charge is 0.357 e. The molecule has 0 bridgehead atoms. The molecule has 0 fully saturated rings. The van der Waals surface area contributed by atoms with Crippen molar-refractivity contribution in [2.45, 2.75) is 39.8 Å². The van der Waals surface area contributed by atoms with Crippen LogP contribution in [0.5, 0.6) is 0 Å². The standard InChI is InChI=1S/C12H20BrN3S/c1-5-14-11(16-12(2,3)4)15-7-9-6-10(13)17-8-9/h6,8H,5,7H2,1-4H3,(H2,14,15,16). The molecule has 0 saturated carbocycles. The highest BCUT2D eigenvalue weighted by Gasteiger charge is 2.11. The zero-order chi connectivity index (χ0) is 12.9. The van der Waals surface area contributed by atoms with E-state index in [2.05, 4.69) is 70.7 Å². The van der Waals surface area contributed by atoms with Crippen LogP contribution in [-0.2, 0) is 6.54 Å². The van der Waals surface area contributed by atoms with Crippen molar-refractivity contribution in [1.82, 2.24) is 10.6 Å². The Hall–Kier alpha value is -0.550. The second-order valence-corrected chi connectivity index (χ2v) is 7.12. The molecule has 0 unspecified atom stereocenters. The van der Waals surface area contributed by atoms with Crippen molar-refractivity contribution in [2.75, 3.05) is 6.54 Å². The van der Waals surface area contributed by atoms with Crippen molar-refractivity contribution >= 4 is 33.2 Å². The molecule has 0 aromatic carbocycles. The summed E-state index contributed by atoms with van der Waals surface area (Å²) in [4.78, 5) is 4.56. The predicted octanol–water partition coefficient (Wildman–Crippen LogP) is 3.36. The minimum absolute atomic E-state index is 0.0240. The molecule has 0 atom stereocenters. The molecular weight excluding hydrogens is 298 g/mol. The number of nitrogens with zero attached hydrogens (tertiary/aromatic N) is 1. The number of nitrogens with one attached hydrogen (secondary N) is 2. The average Bonchev–Trinajstić information content (AvgIpc) is 2.59. The van der Waals surface area contributed by atoms with Crippen LogP contribution in [0.2, 0.25) is 0 Å². The van der Waals surface area contributed by atoms with Gasteiger partial charge in [0.1, 0.15) is 0 Å². The first-order chi connectivity index (χ1) is 7.90. The lowest BCUT2D eigenvalue weighted by Gasteiger charge is -2.23. The van der Waals surface area contributed by atoms with Crippen LogP contribution in [-0.4, -0.2) is 18.0 Å². The molecule has 1 heterocycles. The van der Waals surface area contributed by atoms with E-state index in [9.17, 15) is 0 Å². The molecule has 1 rings (SSSR count). The number of thiophene rings is 1. The van der Waals surface area contributed by atoms with Crippen molar-refractivity contribution < 1.29 is 0 Å². The maximum atomic E-state index is 4.56. The topological polar surface area (TPSA) is 36.4 Å². The molecule has 0 amide bonds. The van der Waals surface area contributed by atoms with E-state index in [4.69, 9.17) is 0 Å². The summed E-state index contributed by atoms with van der Waals surface area (Å²) in [6.45, 7) is 10.0. The SMILES string of the molecule is CCNC(=NCc1csc(Br)c1)NC(C)(C)C. The van der Waals surface area contributed by atoms with Crippen molar-refractivity contribution in [2.24, 2.45) is 4.99 Å². The Bertz CT molecular complexity index is 379. The number of halogens is 1. The summed E-state index contributed by atoms with van der Waals surface area (Å²) in [6.07, 6.45) is 0. The molecular formula is C12H20BrN3S. The van der Waals surface area contributed by atoms with Crippen LogP contribution in [0.4, 0.5) is 0 Å². The molecule has 0 radical (unpaired) electrons. The predicted molar refractivity (Wildman–Crippen MR) is 79.7 cm³/mol. The third-order valence-corrected chi connectivity index (χ3v) is 3.43. The first-order valence-corrected chi connectivity index (χ1v) is 7.37. The second-order valence-electron chi connectivity index (χ2n) is 4.83. The Kier molecular flexibility index (Phi) is 5.46. The van der Waals surface area contributed by atoms with E-state index < -0.39 is 0 Å². The van der Waals surface area contributed by atoms with E-state index in [0.717, 1.165) is 16.3 Å². The minimum Gasteiger partial charge on any atom is -0.357 e. The van der Waals surface area contributed by atoms with Gasteiger partial charge in [-0.2, -0.15) is 0 Å². The van der Waals surface area contributed by atoms with Crippen molar-refractivity contribution in [1.29, 1.82) is 0 Å². The first-order valence-electron chi connectivity index (χ1n) is 5.70. The van der Waals surface area contributed by atoms with Crippen molar-refractivity contribution in [3.8, 4) is 0 Å². The van der Waals surface area contributed by atoms with Gasteiger partial charge in [0.05, 0.1) is 10.3 Å². The Labute approximate surface area is 116 Å². The molecule has 0 aliphatic carbocycles. The van der Waals surface area contributed by atoms with Crippen molar-refractivity contribution in [3.05, 3.63) is 20.8 Å². The van der Waals surface area contributed by atoms with E-state index in [-0.39, 0.29) is 5.54 Å². The van der Waals surface area contributed by atoms with Gasteiger partial charge in [0.2, 0.25) is 0 Å². The fourth-order valence-electron chi connectivity index (χ4n) is 1.26. The summed E-state index contributed by atoms with van der Waals surface area (Å²) < 4.78 is 1.15. The summed E-state index contributed by atoms with van der Waals surface area (Å²) in [6, 6.07) is 2.11. The maximum Gasteiger partial charge on any atom is 0.191 e. The van der Waals surface area contributed by atoms with E-state index in [1.54, 1.807) is 11.3 Å². The molecule has 96 valence electrons. The van der Waals surface area contributed by atoms with Gasteiger partial charge < -0.3 is 10.6 Å². The van der Waals surface area contributed by atoms with E-state index in [1.165, 1.54) is 5.56 Å². The molecule has 0 aliphatic rings. The average molecular weight is 318 g/mol. The fraction of sp³-hybridized carbons (Fsp3) is 0.583. The van der Waals surface area contributed by atoms with Gasteiger partial charge in [-0.3, -0.25) is 0 Å². The van der Waals surface area contributed by atoms with Gasteiger partial charge >= 0.3 is 0 Å². The Morgan fingerprint density at radius 3 is 2.65 bits per heavy atom. The van der Waals surface area contributed by atoms with Gasteiger partial charge in [0, 0.05) is 12.1 Å². The highest BCUT2D eigenvalue weighted by Crippen LogP contribution is 2.21. The number of aliphatic imine (C=N–C) groups is 1. The van der Waals surface area contributed by atoms with Gasteiger partial charge in [0.15, 0.2) is 5.96 Å². The van der Waals surface area contributed by atoms with Crippen LogP contribution in [0.1, 0.15) is 33.3 Å². The summed E-state index contributed by atoms with van der Waals surface area (Å²) in [7, 11) is 0. The third kappa shape index (κ3) is 6.07. The van der Waals surface area contributed by atoms with Crippen LogP contribution < -0.4 is 10.6 Å². The Morgan fingerprint density at radius 1 is 1.47 bits per heavy atom. The van der Waals surface area contributed by atoms with Gasteiger partial charge in [-0.25, -0.2) is 4.99 Å². The van der Waals surface area contributed by atoms with Gasteiger partial charge in [-0.1, -0.05) is 0 Å². The molecule has 0 aliphatic heterocycles. The lowest BCUT2D eigenvalue weighted by atomic mass is 10.1. The number of guanidine groups is 1. The van der Waals surface area contributed by atoms with Gasteiger partial charge in [-0.15, -0.1) is 11.3 Å². The second kappa shape index (κ2) is 6.40. The molecule has 17 heavy (non-hydrogen) atoms. The van der Waals surface area contributed by atoms with E-state index >= 15 is 0 Å². The smallest absolute Gasteiger partial charge is 0.191 e. The van der Waals surface area contributed by atoms with E-state index in [0.29, 0.717) is 6.54 Å². The Balaban J connectivity index is 2.63. The Morgan fingerprint density at radius 2 is 2.18 bits per heavy atom. The zero-order valence-electron chi connectivity index (χ0n) is 10.8. The summed E-state index contributed by atoms with van der Waals surface area (Å²) in [5.41, 5.74) is 1.25. The van der Waals surface area contributed by atoms with Crippen molar-refractivity contribution in [3.63, 3.8) is 0 Å². The summed E-state index contributed by atoms with van der Waals surface area (Å²) >= 11 is 5.15. The van der Waals surface area contributed by atoms with Crippen LogP contribution >= 0.6 is 27.3 Å². The molecule has 3 nitrogen and oxygen atoms in total.